The van der Waals surface area contributed by atoms with Crippen molar-refractivity contribution >= 4 is 5.97 Å². The van der Waals surface area contributed by atoms with Gasteiger partial charge in [-0.3, -0.25) is 4.79 Å². The number of carboxylic acid groups (broad SMARTS) is 1. The van der Waals surface area contributed by atoms with Gasteiger partial charge in [0.1, 0.15) is 0 Å². The molecule has 0 aromatic carbocycles. The van der Waals surface area contributed by atoms with E-state index < -0.39 is 5.97 Å². The molecule has 20 heavy (non-hydrogen) atoms. The molecule has 2 N–H and O–H groups in total. The lowest BCUT2D eigenvalue weighted by Gasteiger charge is -2.02. The fourth-order valence-electron chi connectivity index (χ4n) is 1.83. The topological polar surface area (TPSA) is 57.5 Å². The molecule has 1 unspecified atom stereocenters. The maximum Gasteiger partial charge on any atom is 0.303 e. The Hall–Kier alpha value is -1.27. The molecule has 0 aromatic rings. The molecule has 114 valence electrons. The molecule has 3 heteroatoms. The number of aliphatic carboxylic acids is 1. The molecule has 0 aromatic heterocycles. The van der Waals surface area contributed by atoms with Crippen LogP contribution in [0.4, 0.5) is 0 Å². The van der Waals surface area contributed by atoms with Crippen LogP contribution in [-0.2, 0) is 4.79 Å². The molecule has 0 saturated heterocycles. The number of allylic oxidation sites excluding steroid dienone is 1. The molecular weight excluding hydrogens is 252 g/mol. The van der Waals surface area contributed by atoms with Gasteiger partial charge >= 0.3 is 5.97 Å². The second-order valence-electron chi connectivity index (χ2n) is 5.05. The van der Waals surface area contributed by atoms with E-state index in [0.717, 1.165) is 44.9 Å². The van der Waals surface area contributed by atoms with E-state index in [1.165, 1.54) is 12.8 Å². The van der Waals surface area contributed by atoms with Gasteiger partial charge in [0.25, 0.3) is 0 Å². The third-order valence-corrected chi connectivity index (χ3v) is 3.05. The van der Waals surface area contributed by atoms with E-state index in [2.05, 4.69) is 18.8 Å². The third-order valence-electron chi connectivity index (χ3n) is 3.05. The molecule has 0 aliphatic carbocycles. The Morgan fingerprint density at radius 2 is 1.90 bits per heavy atom. The molecular formula is C17H28O3. The highest BCUT2D eigenvalue weighted by atomic mass is 16.4. The van der Waals surface area contributed by atoms with E-state index >= 15 is 0 Å². The quantitative estimate of drug-likeness (QED) is 0.445. The first-order chi connectivity index (χ1) is 9.66. The van der Waals surface area contributed by atoms with E-state index in [-0.39, 0.29) is 12.5 Å². The van der Waals surface area contributed by atoms with Crippen molar-refractivity contribution in [1.82, 2.24) is 0 Å². The van der Waals surface area contributed by atoms with Crippen LogP contribution in [0.5, 0.6) is 0 Å². The summed E-state index contributed by atoms with van der Waals surface area (Å²) in [4.78, 5) is 10.3. The van der Waals surface area contributed by atoms with Crippen molar-refractivity contribution in [3.63, 3.8) is 0 Å². The lowest BCUT2D eigenvalue weighted by molar-refractivity contribution is -0.137. The van der Waals surface area contributed by atoms with Gasteiger partial charge in [-0.05, 0) is 31.4 Å². The van der Waals surface area contributed by atoms with Crippen LogP contribution in [0.2, 0.25) is 0 Å². The van der Waals surface area contributed by atoms with Crippen molar-refractivity contribution in [1.29, 1.82) is 0 Å². The van der Waals surface area contributed by atoms with E-state index in [1.54, 1.807) is 12.2 Å². The van der Waals surface area contributed by atoms with Crippen molar-refractivity contribution in [3.8, 4) is 11.8 Å². The number of aliphatic hydroxyl groups is 1. The maximum absolute atomic E-state index is 10.3. The monoisotopic (exact) mass is 280 g/mol. The highest BCUT2D eigenvalue weighted by Gasteiger charge is 1.97. The van der Waals surface area contributed by atoms with Crippen LogP contribution in [0.3, 0.4) is 0 Å². The van der Waals surface area contributed by atoms with Crippen molar-refractivity contribution < 1.29 is 15.0 Å². The fraction of sp³-hybridized carbons (Fsp3) is 0.706. The summed E-state index contributed by atoms with van der Waals surface area (Å²) < 4.78 is 0. The van der Waals surface area contributed by atoms with Crippen LogP contribution in [0, 0.1) is 11.8 Å². The number of carbonyl (C=O) groups is 1. The number of hydrogen-bond donors (Lipinski definition) is 2. The minimum atomic E-state index is -0.715. The molecule has 0 heterocycles. The Morgan fingerprint density at radius 3 is 2.60 bits per heavy atom. The number of hydrogen-bond acceptors (Lipinski definition) is 2. The summed E-state index contributed by atoms with van der Waals surface area (Å²) in [6.45, 7) is 2.15. The van der Waals surface area contributed by atoms with Gasteiger partial charge in [-0.15, -0.1) is 0 Å². The van der Waals surface area contributed by atoms with Crippen LogP contribution in [-0.4, -0.2) is 22.3 Å². The van der Waals surface area contributed by atoms with Gasteiger partial charge in [0, 0.05) is 12.8 Å². The standard InChI is InChI=1S/C17H28O3/c1-2-3-10-13-16(18)14-11-8-6-4-5-7-9-12-15-17(19)20/h11,14,16,18H,2-5,7,9-10,12-13,15H2,1H3,(H,19,20)/b14-11+. The normalized spacial score (nSPS) is 12.1. The summed E-state index contributed by atoms with van der Waals surface area (Å²) in [5, 5.41) is 18.1. The summed E-state index contributed by atoms with van der Waals surface area (Å²) in [5.74, 6) is 5.26. The zero-order valence-electron chi connectivity index (χ0n) is 12.6. The van der Waals surface area contributed by atoms with Gasteiger partial charge in [0.05, 0.1) is 6.10 Å². The number of unbranched alkanes of at least 4 members (excludes halogenated alkanes) is 6. The summed E-state index contributed by atoms with van der Waals surface area (Å²) in [6, 6.07) is 0. The Bertz CT molecular complexity index is 323. The molecule has 0 aliphatic rings. The summed E-state index contributed by atoms with van der Waals surface area (Å²) in [5.41, 5.74) is 0. The lowest BCUT2D eigenvalue weighted by Crippen LogP contribution is -2.00. The molecule has 0 spiro atoms. The smallest absolute Gasteiger partial charge is 0.303 e. The van der Waals surface area contributed by atoms with Crippen molar-refractivity contribution in [2.45, 2.75) is 77.2 Å². The zero-order valence-corrected chi connectivity index (χ0v) is 12.6. The number of aliphatic hydroxyl groups excluding tert-OH is 1. The molecule has 0 amide bonds. The van der Waals surface area contributed by atoms with Crippen LogP contribution in [0.15, 0.2) is 12.2 Å². The van der Waals surface area contributed by atoms with Crippen LogP contribution in [0.25, 0.3) is 0 Å². The average Bonchev–Trinajstić information content (AvgIpc) is 2.41. The Labute approximate surface area is 123 Å². The first kappa shape index (κ1) is 18.7. The largest absolute Gasteiger partial charge is 0.481 e. The average molecular weight is 280 g/mol. The molecule has 1 atom stereocenters. The Kier molecular flexibility index (Phi) is 13.2. The SMILES string of the molecule is CCCCCC(O)/C=C/C#CCCCCCCC(=O)O. The molecule has 0 aliphatic heterocycles. The number of rotatable bonds is 11. The Morgan fingerprint density at radius 1 is 1.15 bits per heavy atom. The zero-order chi connectivity index (χ0) is 15.1. The van der Waals surface area contributed by atoms with Crippen LogP contribution < -0.4 is 0 Å². The second kappa shape index (κ2) is 14.1. The highest BCUT2D eigenvalue weighted by molar-refractivity contribution is 5.66. The van der Waals surface area contributed by atoms with Gasteiger partial charge in [0.2, 0.25) is 0 Å². The second-order valence-corrected chi connectivity index (χ2v) is 5.05. The predicted molar refractivity (Wildman–Crippen MR) is 82.4 cm³/mol. The highest BCUT2D eigenvalue weighted by Crippen LogP contribution is 2.05. The van der Waals surface area contributed by atoms with Crippen molar-refractivity contribution in [2.24, 2.45) is 0 Å². The van der Waals surface area contributed by atoms with E-state index in [9.17, 15) is 9.90 Å². The van der Waals surface area contributed by atoms with E-state index in [1.807, 2.05) is 0 Å². The predicted octanol–water partition coefficient (Wildman–Crippen LogP) is 3.91. The first-order valence-corrected chi connectivity index (χ1v) is 7.71. The molecule has 0 saturated carbocycles. The van der Waals surface area contributed by atoms with Gasteiger partial charge in [-0.2, -0.15) is 0 Å². The van der Waals surface area contributed by atoms with Crippen LogP contribution >= 0.6 is 0 Å². The van der Waals surface area contributed by atoms with Gasteiger partial charge in [0.15, 0.2) is 0 Å². The summed E-state index contributed by atoms with van der Waals surface area (Å²) in [6.07, 6.45) is 12.2. The van der Waals surface area contributed by atoms with Gasteiger partial charge < -0.3 is 10.2 Å². The molecule has 3 nitrogen and oxygen atoms in total. The first-order valence-electron chi connectivity index (χ1n) is 7.71. The van der Waals surface area contributed by atoms with E-state index in [0.29, 0.717) is 0 Å². The van der Waals surface area contributed by atoms with Crippen molar-refractivity contribution in [3.05, 3.63) is 12.2 Å². The molecule has 0 fully saturated rings. The molecule has 0 bridgehead atoms. The molecule has 0 radical (unpaired) electrons. The summed E-state index contributed by atoms with van der Waals surface area (Å²) >= 11 is 0. The van der Waals surface area contributed by atoms with E-state index in [4.69, 9.17) is 5.11 Å². The minimum Gasteiger partial charge on any atom is -0.481 e. The van der Waals surface area contributed by atoms with Gasteiger partial charge in [-0.1, -0.05) is 50.9 Å². The minimum absolute atomic E-state index is 0.268. The fourth-order valence-corrected chi connectivity index (χ4v) is 1.83. The lowest BCUT2D eigenvalue weighted by atomic mass is 10.1. The van der Waals surface area contributed by atoms with Crippen molar-refractivity contribution in [2.75, 3.05) is 0 Å². The summed E-state index contributed by atoms with van der Waals surface area (Å²) in [7, 11) is 0. The van der Waals surface area contributed by atoms with Crippen LogP contribution in [0.1, 0.15) is 71.1 Å². The third kappa shape index (κ3) is 14.8. The molecule has 0 rings (SSSR count). The number of carboxylic acids is 1. The van der Waals surface area contributed by atoms with Gasteiger partial charge in [-0.25, -0.2) is 0 Å². The maximum atomic E-state index is 10.3. The Balaban J connectivity index is 3.45.